The van der Waals surface area contributed by atoms with E-state index in [4.69, 9.17) is 0 Å². The van der Waals surface area contributed by atoms with Crippen LogP contribution in [0.25, 0.3) is 0 Å². The van der Waals surface area contributed by atoms with Crippen LogP contribution in [0.1, 0.15) is 68.2 Å². The molecule has 1 unspecified atom stereocenters. The van der Waals surface area contributed by atoms with E-state index >= 15 is 0 Å². The number of hydrogen-bond acceptors (Lipinski definition) is 2. The smallest absolute Gasteiger partial charge is 0.0605 e. The van der Waals surface area contributed by atoms with Crippen LogP contribution < -0.4 is 5.32 Å². The number of aryl methyl sites for hydroxylation is 2. The molecule has 0 amide bonds. The van der Waals surface area contributed by atoms with Crippen LogP contribution in [0.3, 0.4) is 0 Å². The monoisotopic (exact) mass is 364 g/mol. The van der Waals surface area contributed by atoms with Crippen molar-refractivity contribution in [2.24, 2.45) is 5.92 Å². The van der Waals surface area contributed by atoms with Crippen molar-refractivity contribution < 1.29 is 0 Å². The first-order valence-electron chi connectivity index (χ1n) is 10.7. The van der Waals surface area contributed by atoms with Crippen LogP contribution in [0.5, 0.6) is 0 Å². The molecule has 1 saturated heterocycles. The number of likely N-dealkylation sites (N-methyl/N-ethyl adjacent to an activating group) is 1. The van der Waals surface area contributed by atoms with Gasteiger partial charge in [0.2, 0.25) is 0 Å². The summed E-state index contributed by atoms with van der Waals surface area (Å²) in [5, 5.41) is 3.33. The summed E-state index contributed by atoms with van der Waals surface area (Å²) in [5.41, 5.74) is 6.70. The number of piperidine rings is 1. The molecule has 2 heteroatoms. The van der Waals surface area contributed by atoms with E-state index in [2.05, 4.69) is 61.5 Å². The molecule has 3 rings (SSSR count). The highest BCUT2D eigenvalue weighted by atomic mass is 15.1. The second-order valence-electron chi connectivity index (χ2n) is 8.63. The SMILES string of the molecule is C=C(NC)C1(c2cc(CC)c(C#CCN3CCCC(C)C3)cc2C)CCC1. The van der Waals surface area contributed by atoms with Gasteiger partial charge < -0.3 is 5.32 Å². The molecule has 1 heterocycles. The Morgan fingerprint density at radius 1 is 1.33 bits per heavy atom. The molecule has 27 heavy (non-hydrogen) atoms. The normalized spacial score (nSPS) is 21.7. The summed E-state index contributed by atoms with van der Waals surface area (Å²) in [6.45, 7) is 14.5. The summed E-state index contributed by atoms with van der Waals surface area (Å²) in [6, 6.07) is 4.74. The lowest BCUT2D eigenvalue weighted by atomic mass is 9.61. The first kappa shape index (κ1) is 20.0. The summed E-state index contributed by atoms with van der Waals surface area (Å²) in [5.74, 6) is 7.77. The molecular formula is C25H36N2. The lowest BCUT2D eigenvalue weighted by Gasteiger charge is -2.45. The Kier molecular flexibility index (Phi) is 6.33. The molecule has 146 valence electrons. The number of hydrogen-bond donors (Lipinski definition) is 1. The van der Waals surface area contributed by atoms with E-state index in [1.807, 2.05) is 7.05 Å². The number of benzene rings is 1. The second kappa shape index (κ2) is 8.53. The minimum absolute atomic E-state index is 0.124. The Morgan fingerprint density at radius 3 is 2.70 bits per heavy atom. The Bertz CT molecular complexity index is 746. The van der Waals surface area contributed by atoms with E-state index in [0.29, 0.717) is 0 Å². The second-order valence-corrected chi connectivity index (χ2v) is 8.63. The van der Waals surface area contributed by atoms with Crippen molar-refractivity contribution in [3.05, 3.63) is 46.7 Å². The van der Waals surface area contributed by atoms with Crippen molar-refractivity contribution in [3.8, 4) is 11.8 Å². The zero-order chi connectivity index (χ0) is 19.4. The third kappa shape index (κ3) is 4.09. The van der Waals surface area contributed by atoms with Crippen LogP contribution >= 0.6 is 0 Å². The average molecular weight is 365 g/mol. The fraction of sp³-hybridized carbons (Fsp3) is 0.600. The van der Waals surface area contributed by atoms with E-state index in [-0.39, 0.29) is 5.41 Å². The molecule has 1 aromatic rings. The quantitative estimate of drug-likeness (QED) is 0.755. The van der Waals surface area contributed by atoms with Gasteiger partial charge in [-0.2, -0.15) is 0 Å². The number of allylic oxidation sites excluding steroid dienone is 1. The molecule has 1 aliphatic carbocycles. The molecule has 2 fully saturated rings. The number of likely N-dealkylation sites (tertiary alicyclic amines) is 1. The Morgan fingerprint density at radius 2 is 2.11 bits per heavy atom. The van der Waals surface area contributed by atoms with Gasteiger partial charge in [-0.25, -0.2) is 0 Å². The van der Waals surface area contributed by atoms with Gasteiger partial charge in [-0.05, 0) is 74.2 Å². The van der Waals surface area contributed by atoms with Crippen molar-refractivity contribution in [1.82, 2.24) is 10.2 Å². The van der Waals surface area contributed by atoms with Crippen LogP contribution in [0.4, 0.5) is 0 Å². The standard InChI is InChI=1S/C25H36N2/c1-6-22-17-24(25(12-9-13-25)21(4)26-5)20(3)16-23(22)11-8-15-27-14-7-10-19(2)18-27/h16-17,19,26H,4,6-7,9-10,12-15,18H2,1-3,5H3. The van der Waals surface area contributed by atoms with Crippen molar-refractivity contribution in [1.29, 1.82) is 0 Å². The van der Waals surface area contributed by atoms with Crippen molar-refractivity contribution in [2.75, 3.05) is 26.7 Å². The topological polar surface area (TPSA) is 15.3 Å². The molecule has 0 spiro atoms. The first-order chi connectivity index (χ1) is 13.0. The van der Waals surface area contributed by atoms with Crippen molar-refractivity contribution in [2.45, 2.75) is 64.7 Å². The van der Waals surface area contributed by atoms with E-state index < -0.39 is 0 Å². The molecule has 1 atom stereocenters. The van der Waals surface area contributed by atoms with Crippen molar-refractivity contribution >= 4 is 0 Å². The average Bonchev–Trinajstić information content (AvgIpc) is 2.62. The van der Waals surface area contributed by atoms with Crippen molar-refractivity contribution in [3.63, 3.8) is 0 Å². The van der Waals surface area contributed by atoms with E-state index in [9.17, 15) is 0 Å². The maximum atomic E-state index is 4.33. The maximum Gasteiger partial charge on any atom is 0.0605 e. The lowest BCUT2D eigenvalue weighted by molar-refractivity contribution is 0.204. The minimum atomic E-state index is 0.124. The molecule has 1 aromatic carbocycles. The highest BCUT2D eigenvalue weighted by molar-refractivity contribution is 5.52. The largest absolute Gasteiger partial charge is 0.391 e. The van der Waals surface area contributed by atoms with Gasteiger partial charge >= 0.3 is 0 Å². The molecule has 0 aromatic heterocycles. The summed E-state index contributed by atoms with van der Waals surface area (Å²) in [6.07, 6.45) is 7.40. The predicted octanol–water partition coefficient (Wildman–Crippen LogP) is 4.80. The predicted molar refractivity (Wildman–Crippen MR) is 116 cm³/mol. The number of nitrogens with zero attached hydrogens (tertiary/aromatic N) is 1. The Labute approximate surface area is 166 Å². The number of rotatable bonds is 5. The molecule has 2 aliphatic rings. The minimum Gasteiger partial charge on any atom is -0.391 e. The highest BCUT2D eigenvalue weighted by Gasteiger charge is 2.42. The van der Waals surface area contributed by atoms with E-state index in [1.165, 1.54) is 67.4 Å². The third-order valence-electron chi connectivity index (χ3n) is 6.70. The van der Waals surface area contributed by atoms with Gasteiger partial charge in [-0.15, -0.1) is 0 Å². The summed E-state index contributed by atoms with van der Waals surface area (Å²) < 4.78 is 0. The Hall–Kier alpha value is -1.72. The molecular weight excluding hydrogens is 328 g/mol. The number of nitrogens with one attached hydrogen (secondary N) is 1. The maximum absolute atomic E-state index is 4.33. The van der Waals surface area contributed by atoms with Crippen LogP contribution in [-0.2, 0) is 11.8 Å². The van der Waals surface area contributed by atoms with Gasteiger partial charge in [0.15, 0.2) is 0 Å². The van der Waals surface area contributed by atoms with Gasteiger partial charge in [0.05, 0.1) is 6.54 Å². The summed E-state index contributed by atoms with van der Waals surface area (Å²) in [7, 11) is 2.00. The van der Waals surface area contributed by atoms with Crippen LogP contribution in [-0.4, -0.2) is 31.6 Å². The summed E-state index contributed by atoms with van der Waals surface area (Å²) in [4.78, 5) is 2.51. The zero-order valence-corrected chi connectivity index (χ0v) is 17.8. The molecule has 1 N–H and O–H groups in total. The van der Waals surface area contributed by atoms with Gasteiger partial charge in [0.25, 0.3) is 0 Å². The first-order valence-corrected chi connectivity index (χ1v) is 10.7. The molecule has 0 radical (unpaired) electrons. The van der Waals surface area contributed by atoms with E-state index in [1.54, 1.807) is 0 Å². The van der Waals surface area contributed by atoms with E-state index in [0.717, 1.165) is 24.6 Å². The molecule has 2 nitrogen and oxygen atoms in total. The third-order valence-corrected chi connectivity index (χ3v) is 6.70. The molecule has 1 aliphatic heterocycles. The van der Waals surface area contributed by atoms with Gasteiger partial charge in [0.1, 0.15) is 0 Å². The van der Waals surface area contributed by atoms with Crippen LogP contribution in [0.2, 0.25) is 0 Å². The molecule has 1 saturated carbocycles. The zero-order valence-electron chi connectivity index (χ0n) is 17.8. The van der Waals surface area contributed by atoms with Crippen LogP contribution in [0.15, 0.2) is 24.4 Å². The summed E-state index contributed by atoms with van der Waals surface area (Å²) >= 11 is 0. The van der Waals surface area contributed by atoms with Gasteiger partial charge in [-0.3, -0.25) is 4.90 Å². The van der Waals surface area contributed by atoms with Crippen LogP contribution in [0, 0.1) is 24.7 Å². The fourth-order valence-electron chi connectivity index (χ4n) is 4.86. The Balaban J connectivity index is 1.83. The highest BCUT2D eigenvalue weighted by Crippen LogP contribution is 2.49. The molecule has 0 bridgehead atoms. The lowest BCUT2D eigenvalue weighted by Crippen LogP contribution is -2.41. The fourth-order valence-corrected chi connectivity index (χ4v) is 4.86. The van der Waals surface area contributed by atoms with Gasteiger partial charge in [0, 0.05) is 30.3 Å². The van der Waals surface area contributed by atoms with Gasteiger partial charge in [-0.1, -0.05) is 44.8 Å².